The van der Waals surface area contributed by atoms with Gasteiger partial charge in [-0.25, -0.2) is 8.42 Å². The molecule has 1 saturated carbocycles. The summed E-state index contributed by atoms with van der Waals surface area (Å²) in [5, 5.41) is 9.90. The Morgan fingerprint density at radius 2 is 1.95 bits per heavy atom. The Balaban J connectivity index is 2.26. The number of hydrogen-bond donors (Lipinski definition) is 1. The van der Waals surface area contributed by atoms with E-state index in [1.807, 2.05) is 6.92 Å². The molecule has 1 aliphatic carbocycles. The first-order valence-corrected chi connectivity index (χ1v) is 9.17. The van der Waals surface area contributed by atoms with Crippen LogP contribution in [0.3, 0.4) is 0 Å². The van der Waals surface area contributed by atoms with Crippen LogP contribution in [0.4, 0.5) is 0 Å². The molecule has 1 N–H and O–H groups in total. The average Bonchev–Trinajstić information content (AvgIpc) is 2.54. The van der Waals surface area contributed by atoms with E-state index in [1.54, 1.807) is 31.3 Å². The maximum absolute atomic E-state index is 12.7. The molecule has 1 fully saturated rings. The Hall–Kier alpha value is -0.910. The van der Waals surface area contributed by atoms with Crippen molar-refractivity contribution in [2.45, 2.75) is 62.5 Å². The van der Waals surface area contributed by atoms with Gasteiger partial charge in [-0.05, 0) is 37.0 Å². The molecule has 1 aliphatic rings. The second-order valence-corrected chi connectivity index (χ2v) is 7.81. The monoisotopic (exact) mass is 311 g/mol. The molecule has 1 aromatic rings. The molecular weight excluding hydrogens is 286 g/mol. The van der Waals surface area contributed by atoms with Crippen LogP contribution in [0, 0.1) is 0 Å². The number of rotatable bonds is 5. The van der Waals surface area contributed by atoms with Crippen molar-refractivity contribution >= 4 is 10.0 Å². The molecule has 21 heavy (non-hydrogen) atoms. The third-order valence-corrected chi connectivity index (χ3v) is 6.30. The van der Waals surface area contributed by atoms with Crippen LogP contribution in [0.5, 0.6) is 0 Å². The van der Waals surface area contributed by atoms with Gasteiger partial charge in [0.2, 0.25) is 10.0 Å². The molecule has 0 aromatic heterocycles. The minimum atomic E-state index is -3.48. The number of aliphatic hydroxyl groups is 1. The van der Waals surface area contributed by atoms with Crippen LogP contribution in [0.15, 0.2) is 29.2 Å². The van der Waals surface area contributed by atoms with Gasteiger partial charge in [-0.1, -0.05) is 38.3 Å². The zero-order chi connectivity index (χ0) is 15.5. The Kier molecular flexibility index (Phi) is 5.41. The van der Waals surface area contributed by atoms with Gasteiger partial charge in [0.25, 0.3) is 0 Å². The van der Waals surface area contributed by atoms with Crippen LogP contribution in [0.2, 0.25) is 0 Å². The summed E-state index contributed by atoms with van der Waals surface area (Å²) in [4.78, 5) is 0.278. The molecule has 118 valence electrons. The summed E-state index contributed by atoms with van der Waals surface area (Å²) in [5.74, 6) is 0. The standard InChI is InChI=1S/C16H25NO3S/c1-3-16(18)13-8-7-11-15(12-13)21(19,20)17(2)14-9-5-4-6-10-14/h7-8,11-12,14,16,18H,3-6,9-10H2,1-2H3. The lowest BCUT2D eigenvalue weighted by molar-refractivity contribution is 0.173. The highest BCUT2D eigenvalue weighted by atomic mass is 32.2. The highest BCUT2D eigenvalue weighted by molar-refractivity contribution is 7.89. The van der Waals surface area contributed by atoms with Crippen LogP contribution in [0.1, 0.15) is 57.1 Å². The van der Waals surface area contributed by atoms with E-state index in [-0.39, 0.29) is 10.9 Å². The molecule has 2 rings (SSSR count). The lowest BCUT2D eigenvalue weighted by Gasteiger charge is -2.30. The van der Waals surface area contributed by atoms with E-state index in [1.165, 1.54) is 10.7 Å². The maximum atomic E-state index is 12.7. The SMILES string of the molecule is CCC(O)c1cccc(S(=O)(=O)N(C)C2CCCCC2)c1. The van der Waals surface area contributed by atoms with Gasteiger partial charge in [0.1, 0.15) is 0 Å². The molecule has 0 heterocycles. The van der Waals surface area contributed by atoms with E-state index in [2.05, 4.69) is 0 Å². The highest BCUT2D eigenvalue weighted by Gasteiger charge is 2.29. The number of hydrogen-bond acceptors (Lipinski definition) is 3. The highest BCUT2D eigenvalue weighted by Crippen LogP contribution is 2.27. The van der Waals surface area contributed by atoms with Crippen molar-refractivity contribution in [3.8, 4) is 0 Å². The molecule has 0 amide bonds. The number of nitrogens with zero attached hydrogens (tertiary/aromatic N) is 1. The van der Waals surface area contributed by atoms with E-state index < -0.39 is 16.1 Å². The molecule has 1 aromatic carbocycles. The van der Waals surface area contributed by atoms with E-state index in [9.17, 15) is 13.5 Å². The summed E-state index contributed by atoms with van der Waals surface area (Å²) in [6.45, 7) is 1.87. The van der Waals surface area contributed by atoms with Gasteiger partial charge < -0.3 is 5.11 Å². The zero-order valence-electron chi connectivity index (χ0n) is 12.8. The van der Waals surface area contributed by atoms with Crippen molar-refractivity contribution in [3.63, 3.8) is 0 Å². The zero-order valence-corrected chi connectivity index (χ0v) is 13.6. The minimum absolute atomic E-state index is 0.100. The number of benzene rings is 1. The molecule has 0 bridgehead atoms. The second-order valence-electron chi connectivity index (χ2n) is 5.81. The van der Waals surface area contributed by atoms with Gasteiger partial charge in [0, 0.05) is 13.1 Å². The predicted molar refractivity (Wildman–Crippen MR) is 83.5 cm³/mol. The molecular formula is C16H25NO3S. The molecule has 0 aliphatic heterocycles. The van der Waals surface area contributed by atoms with Gasteiger partial charge in [-0.15, -0.1) is 0 Å². The normalized spacial score (nSPS) is 18.9. The number of sulfonamides is 1. The van der Waals surface area contributed by atoms with Gasteiger partial charge >= 0.3 is 0 Å². The van der Waals surface area contributed by atoms with Gasteiger partial charge in [0.05, 0.1) is 11.0 Å². The smallest absolute Gasteiger partial charge is 0.243 e. The van der Waals surface area contributed by atoms with Crippen LogP contribution in [-0.2, 0) is 10.0 Å². The first-order chi connectivity index (χ1) is 9.96. The van der Waals surface area contributed by atoms with Crippen molar-refractivity contribution in [1.29, 1.82) is 0 Å². The summed E-state index contributed by atoms with van der Waals surface area (Å²) in [7, 11) is -1.81. The van der Waals surface area contributed by atoms with E-state index in [0.717, 1.165) is 25.7 Å². The fourth-order valence-corrected chi connectivity index (χ4v) is 4.40. The first kappa shape index (κ1) is 16.5. The quantitative estimate of drug-likeness (QED) is 0.909. The fraction of sp³-hybridized carbons (Fsp3) is 0.625. The van der Waals surface area contributed by atoms with Gasteiger partial charge in [0.15, 0.2) is 0 Å². The van der Waals surface area contributed by atoms with Crippen LogP contribution < -0.4 is 0 Å². The van der Waals surface area contributed by atoms with E-state index in [0.29, 0.717) is 12.0 Å². The molecule has 1 unspecified atom stereocenters. The van der Waals surface area contributed by atoms with Crippen molar-refractivity contribution < 1.29 is 13.5 Å². The van der Waals surface area contributed by atoms with Crippen LogP contribution >= 0.6 is 0 Å². The first-order valence-electron chi connectivity index (χ1n) is 7.73. The average molecular weight is 311 g/mol. The lowest BCUT2D eigenvalue weighted by Crippen LogP contribution is -2.38. The lowest BCUT2D eigenvalue weighted by atomic mass is 9.96. The third kappa shape index (κ3) is 3.65. The number of aliphatic hydroxyl groups excluding tert-OH is 1. The largest absolute Gasteiger partial charge is 0.388 e. The minimum Gasteiger partial charge on any atom is -0.388 e. The third-order valence-electron chi connectivity index (χ3n) is 4.40. The van der Waals surface area contributed by atoms with Crippen molar-refractivity contribution in [1.82, 2.24) is 4.31 Å². The van der Waals surface area contributed by atoms with Crippen molar-refractivity contribution in [2.24, 2.45) is 0 Å². The summed E-state index contributed by atoms with van der Waals surface area (Å²) in [6.07, 6.45) is 5.23. The molecule has 4 nitrogen and oxygen atoms in total. The Bertz CT molecular complexity index is 565. The molecule has 0 radical (unpaired) electrons. The van der Waals surface area contributed by atoms with Crippen molar-refractivity contribution in [3.05, 3.63) is 29.8 Å². The molecule has 1 atom stereocenters. The van der Waals surface area contributed by atoms with Crippen molar-refractivity contribution in [2.75, 3.05) is 7.05 Å². The van der Waals surface area contributed by atoms with E-state index in [4.69, 9.17) is 0 Å². The Morgan fingerprint density at radius 3 is 2.57 bits per heavy atom. The maximum Gasteiger partial charge on any atom is 0.243 e. The molecule has 0 spiro atoms. The summed E-state index contributed by atoms with van der Waals surface area (Å²) in [5.41, 5.74) is 0.663. The summed E-state index contributed by atoms with van der Waals surface area (Å²) >= 11 is 0. The molecule has 0 saturated heterocycles. The summed E-state index contributed by atoms with van der Waals surface area (Å²) in [6, 6.07) is 6.79. The second kappa shape index (κ2) is 6.90. The summed E-state index contributed by atoms with van der Waals surface area (Å²) < 4.78 is 27.0. The van der Waals surface area contributed by atoms with E-state index >= 15 is 0 Å². The topological polar surface area (TPSA) is 57.6 Å². The Labute approximate surface area is 127 Å². The molecule has 5 heteroatoms. The van der Waals surface area contributed by atoms with Crippen LogP contribution in [0.25, 0.3) is 0 Å². The predicted octanol–water partition coefficient (Wildman–Crippen LogP) is 3.08. The fourth-order valence-electron chi connectivity index (χ4n) is 2.93. The Morgan fingerprint density at radius 1 is 1.29 bits per heavy atom. The van der Waals surface area contributed by atoms with Gasteiger partial charge in [-0.2, -0.15) is 4.31 Å². The van der Waals surface area contributed by atoms with Gasteiger partial charge in [-0.3, -0.25) is 0 Å². The van der Waals surface area contributed by atoms with Crippen LogP contribution in [-0.4, -0.2) is 30.9 Å².